The van der Waals surface area contributed by atoms with E-state index in [0.29, 0.717) is 0 Å². The van der Waals surface area contributed by atoms with E-state index in [2.05, 4.69) is 10.1 Å². The molecule has 0 saturated carbocycles. The summed E-state index contributed by atoms with van der Waals surface area (Å²) in [6, 6.07) is 10.3. The smallest absolute Gasteiger partial charge is 0.395 e. The topological polar surface area (TPSA) is 175 Å². The number of halogens is 1. The van der Waals surface area contributed by atoms with Gasteiger partial charge in [0.25, 0.3) is 0 Å². The van der Waals surface area contributed by atoms with Crippen LogP contribution in [0.15, 0.2) is 47.4 Å². The highest BCUT2D eigenvalue weighted by Crippen LogP contribution is 2.47. The van der Waals surface area contributed by atoms with Gasteiger partial charge in [0.15, 0.2) is 17.0 Å². The molecule has 12 nitrogen and oxygen atoms in total. The van der Waals surface area contributed by atoms with Gasteiger partial charge in [-0.1, -0.05) is 42.1 Å². The van der Waals surface area contributed by atoms with Crippen LogP contribution < -0.4 is 16.5 Å². The minimum atomic E-state index is -4.06. The molecule has 1 aromatic carbocycles. The van der Waals surface area contributed by atoms with Crippen LogP contribution in [0.3, 0.4) is 0 Å². The molecule has 39 heavy (non-hydrogen) atoms. The van der Waals surface area contributed by atoms with Gasteiger partial charge in [0.2, 0.25) is 0 Å². The Morgan fingerprint density at radius 2 is 2.03 bits per heavy atom. The highest BCUT2D eigenvalue weighted by atomic mass is 32.2. The molecule has 1 saturated heterocycles. The van der Waals surface area contributed by atoms with Crippen molar-refractivity contribution in [3.63, 3.8) is 0 Å². The third kappa shape index (κ3) is 7.95. The van der Waals surface area contributed by atoms with E-state index in [0.717, 1.165) is 28.8 Å². The van der Waals surface area contributed by atoms with Gasteiger partial charge < -0.3 is 20.7 Å². The molecule has 2 unspecified atom stereocenters. The first-order valence-corrected chi connectivity index (χ1v) is 14.7. The number of nitrogen functional groups attached to an aromatic ring is 1. The van der Waals surface area contributed by atoms with Crippen LogP contribution in [0.4, 0.5) is 10.2 Å². The van der Waals surface area contributed by atoms with E-state index in [9.17, 15) is 24.4 Å². The van der Waals surface area contributed by atoms with Crippen LogP contribution in [-0.2, 0) is 29.7 Å². The SMILES string of the molecule is CC(C)(CO)C(=O)SCCOP(=O)(NCc1ccccc1)OC[C@H]1O[C@@H](n2ccc(N)nc2=O)[C@@](C)(F)C1O. The van der Waals surface area contributed by atoms with Crippen molar-refractivity contribution in [1.82, 2.24) is 14.6 Å². The van der Waals surface area contributed by atoms with Gasteiger partial charge >= 0.3 is 13.4 Å². The molecule has 0 aliphatic carbocycles. The summed E-state index contributed by atoms with van der Waals surface area (Å²) in [6.07, 6.45) is -3.40. The Kier molecular flexibility index (Phi) is 10.5. The number of aliphatic hydroxyl groups is 2. The first-order chi connectivity index (χ1) is 18.3. The van der Waals surface area contributed by atoms with Crippen LogP contribution >= 0.6 is 19.5 Å². The van der Waals surface area contributed by atoms with Gasteiger partial charge in [0.05, 0.1) is 25.2 Å². The second kappa shape index (κ2) is 13.0. The molecule has 0 bridgehead atoms. The van der Waals surface area contributed by atoms with Crippen molar-refractivity contribution in [3.8, 4) is 0 Å². The third-order valence-electron chi connectivity index (χ3n) is 6.08. The Bertz CT molecular complexity index is 1230. The quantitative estimate of drug-likeness (QED) is 0.198. The molecule has 1 fully saturated rings. The zero-order valence-electron chi connectivity index (χ0n) is 21.9. The Hall–Kier alpha value is -2.16. The molecular formula is C24H34FN4O8PS. The number of anilines is 1. The molecule has 0 amide bonds. The summed E-state index contributed by atoms with van der Waals surface area (Å²) in [4.78, 5) is 28.0. The molecule has 0 spiro atoms. The van der Waals surface area contributed by atoms with Crippen molar-refractivity contribution >= 4 is 30.4 Å². The van der Waals surface area contributed by atoms with E-state index >= 15 is 4.39 Å². The first-order valence-electron chi connectivity index (χ1n) is 12.1. The molecule has 216 valence electrons. The average Bonchev–Trinajstić information content (AvgIpc) is 3.13. The standard InChI is InChI=1S/C24H34FN4O8PS/c1-23(2,15-30)21(32)39-12-11-35-38(34,27-13-16-7-5-4-6-8-16)36-14-17-19(31)24(3,25)20(37-17)29-10-9-18(26)28-22(29)33/h4-10,17,19-20,30-31H,11-15H2,1-3H3,(H,27,34)(H2,26,28,33)/t17-,19?,20-,24+,38?/m1/s1. The number of nitrogens with one attached hydrogen (secondary N) is 1. The lowest BCUT2D eigenvalue weighted by atomic mass is 9.97. The van der Waals surface area contributed by atoms with Crippen molar-refractivity contribution in [2.24, 2.45) is 5.41 Å². The van der Waals surface area contributed by atoms with Crippen molar-refractivity contribution in [3.05, 3.63) is 58.6 Å². The minimum Gasteiger partial charge on any atom is -0.395 e. The monoisotopic (exact) mass is 588 g/mol. The largest absolute Gasteiger partial charge is 0.405 e. The third-order valence-corrected chi connectivity index (χ3v) is 8.82. The lowest BCUT2D eigenvalue weighted by Gasteiger charge is -2.25. The summed E-state index contributed by atoms with van der Waals surface area (Å²) < 4.78 is 46.6. The molecule has 2 heterocycles. The molecule has 1 aliphatic rings. The highest BCUT2D eigenvalue weighted by Gasteiger charge is 2.55. The normalized spacial score (nSPS) is 24.9. The van der Waals surface area contributed by atoms with E-state index in [1.807, 2.05) is 6.07 Å². The number of ether oxygens (including phenoxy) is 1. The maximum atomic E-state index is 15.5. The van der Waals surface area contributed by atoms with E-state index in [1.54, 1.807) is 38.1 Å². The van der Waals surface area contributed by atoms with Gasteiger partial charge in [-0.2, -0.15) is 4.98 Å². The zero-order valence-corrected chi connectivity index (χ0v) is 23.6. The second-order valence-corrected chi connectivity index (χ2v) is 12.7. The summed E-state index contributed by atoms with van der Waals surface area (Å²) in [7, 11) is -4.06. The highest BCUT2D eigenvalue weighted by molar-refractivity contribution is 8.13. The first kappa shape index (κ1) is 31.4. The summed E-state index contributed by atoms with van der Waals surface area (Å²) in [5.74, 6) is 0.0701. The number of carbonyl (C=O) groups is 1. The lowest BCUT2D eigenvalue weighted by Crippen LogP contribution is -2.43. The fourth-order valence-electron chi connectivity index (χ4n) is 3.59. The van der Waals surface area contributed by atoms with Crippen molar-refractivity contribution < 1.29 is 37.7 Å². The van der Waals surface area contributed by atoms with Gasteiger partial charge in [-0.25, -0.2) is 18.8 Å². The van der Waals surface area contributed by atoms with Gasteiger partial charge in [0.1, 0.15) is 18.0 Å². The predicted molar refractivity (Wildman–Crippen MR) is 143 cm³/mol. The summed E-state index contributed by atoms with van der Waals surface area (Å²) in [5.41, 5.74) is 2.05. The Morgan fingerprint density at radius 3 is 2.67 bits per heavy atom. The maximum absolute atomic E-state index is 15.5. The number of carbonyl (C=O) groups excluding carboxylic acids is 1. The number of aromatic nitrogens is 2. The zero-order chi connectivity index (χ0) is 28.8. The van der Waals surface area contributed by atoms with Crippen molar-refractivity contribution in [2.75, 3.05) is 31.3 Å². The number of nitrogens with two attached hydrogens (primary N) is 1. The summed E-state index contributed by atoms with van der Waals surface area (Å²) >= 11 is 0.917. The lowest BCUT2D eigenvalue weighted by molar-refractivity contribution is -0.119. The summed E-state index contributed by atoms with van der Waals surface area (Å²) in [5, 5.41) is 22.4. The van der Waals surface area contributed by atoms with Crippen LogP contribution in [0, 0.1) is 5.41 Å². The predicted octanol–water partition coefficient (Wildman–Crippen LogP) is 2.02. The molecule has 0 radical (unpaired) electrons. The van der Waals surface area contributed by atoms with Crippen LogP contribution in [-0.4, -0.2) is 68.3 Å². The molecular weight excluding hydrogens is 554 g/mol. The number of hydrogen-bond donors (Lipinski definition) is 4. The Balaban J connectivity index is 1.68. The number of rotatable bonds is 13. The van der Waals surface area contributed by atoms with Crippen LogP contribution in [0.2, 0.25) is 0 Å². The molecule has 1 aliphatic heterocycles. The number of aliphatic hydroxyl groups excluding tert-OH is 2. The van der Waals surface area contributed by atoms with E-state index in [1.165, 1.54) is 12.3 Å². The minimum absolute atomic E-state index is 0.0578. The average molecular weight is 589 g/mol. The van der Waals surface area contributed by atoms with Gasteiger partial charge in [-0.05, 0) is 32.4 Å². The molecule has 15 heteroatoms. The van der Waals surface area contributed by atoms with Crippen LogP contribution in [0.25, 0.3) is 0 Å². The molecule has 5 N–H and O–H groups in total. The van der Waals surface area contributed by atoms with Crippen LogP contribution in [0.1, 0.15) is 32.6 Å². The Labute approximate surface area is 229 Å². The molecule has 3 rings (SSSR count). The number of hydrogen-bond acceptors (Lipinski definition) is 11. The Morgan fingerprint density at radius 1 is 1.33 bits per heavy atom. The molecule has 5 atom stereocenters. The van der Waals surface area contributed by atoms with E-state index in [-0.39, 0.29) is 36.4 Å². The van der Waals surface area contributed by atoms with Gasteiger partial charge in [-0.3, -0.25) is 18.4 Å². The number of thioether (sulfide) groups is 1. The van der Waals surface area contributed by atoms with E-state index in [4.69, 9.17) is 19.5 Å². The van der Waals surface area contributed by atoms with Gasteiger partial charge in [0, 0.05) is 18.5 Å². The van der Waals surface area contributed by atoms with Crippen molar-refractivity contribution in [2.45, 2.75) is 51.4 Å². The van der Waals surface area contributed by atoms with Crippen molar-refractivity contribution in [1.29, 1.82) is 0 Å². The van der Waals surface area contributed by atoms with Crippen LogP contribution in [0.5, 0.6) is 0 Å². The maximum Gasteiger partial charge on any atom is 0.405 e. The number of alkyl halides is 1. The number of benzene rings is 1. The fraction of sp³-hybridized carbons (Fsp3) is 0.542. The number of nitrogens with zero attached hydrogens (tertiary/aromatic N) is 2. The summed E-state index contributed by atoms with van der Waals surface area (Å²) in [6.45, 7) is 3.36. The van der Waals surface area contributed by atoms with Gasteiger partial charge in [-0.15, -0.1) is 0 Å². The molecule has 2 aromatic rings. The van der Waals surface area contributed by atoms with E-state index < -0.39 is 49.6 Å². The second-order valence-electron chi connectivity index (χ2n) is 9.79. The fourth-order valence-corrected chi connectivity index (χ4v) is 5.83. The molecule has 1 aromatic heterocycles.